The molecule has 0 amide bonds. The summed E-state index contributed by atoms with van der Waals surface area (Å²) in [6.07, 6.45) is 1.70. The van der Waals surface area contributed by atoms with Gasteiger partial charge in [0, 0.05) is 21.9 Å². The molecule has 2 aromatic rings. The third-order valence-electron chi connectivity index (χ3n) is 1.69. The predicted molar refractivity (Wildman–Crippen MR) is 48.1 cm³/mol. The molecule has 12 heavy (non-hydrogen) atoms. The fourth-order valence-corrected chi connectivity index (χ4v) is 1.53. The predicted octanol–water partition coefficient (Wildman–Crippen LogP) is 2.02. The molecule has 1 aromatic heterocycles. The first kappa shape index (κ1) is 7.31. The van der Waals surface area contributed by atoms with Crippen molar-refractivity contribution in [3.05, 3.63) is 36.5 Å². The molecule has 0 saturated heterocycles. The summed E-state index contributed by atoms with van der Waals surface area (Å²) in [4.78, 5) is 4.82. The number of fused-ring (bicyclic) bond motifs is 1. The van der Waals surface area contributed by atoms with Gasteiger partial charge in [-0.25, -0.2) is 0 Å². The van der Waals surface area contributed by atoms with E-state index in [2.05, 4.69) is 4.98 Å². The number of nitrogens with zero attached hydrogens (tertiary/aromatic N) is 1. The van der Waals surface area contributed by atoms with Crippen molar-refractivity contribution in [3.63, 3.8) is 0 Å². The summed E-state index contributed by atoms with van der Waals surface area (Å²) in [5, 5.41) is 1.01. The van der Waals surface area contributed by atoms with Crippen LogP contribution in [0.15, 0.2) is 41.4 Å². The third-order valence-corrected chi connectivity index (χ3v) is 2.19. The second-order valence-corrected chi connectivity index (χ2v) is 3.02. The topological polar surface area (TPSA) is 30.0 Å². The van der Waals surface area contributed by atoms with E-state index >= 15 is 0 Å². The zero-order valence-electron chi connectivity index (χ0n) is 6.23. The fourth-order valence-electron chi connectivity index (χ4n) is 1.14. The molecule has 2 rings (SSSR count). The van der Waals surface area contributed by atoms with Gasteiger partial charge in [-0.3, -0.25) is 4.98 Å². The Morgan fingerprint density at radius 2 is 2.00 bits per heavy atom. The van der Waals surface area contributed by atoms with Crippen molar-refractivity contribution in [2.45, 2.75) is 4.90 Å². The van der Waals surface area contributed by atoms with E-state index < -0.39 is 0 Å². The lowest BCUT2D eigenvalue weighted by molar-refractivity contribution is 0.605. The zero-order chi connectivity index (χ0) is 8.39. The van der Waals surface area contributed by atoms with Crippen molar-refractivity contribution in [2.24, 2.45) is 0 Å². The summed E-state index contributed by atoms with van der Waals surface area (Å²) in [5.41, 5.74) is 0.792. The number of hydrogen-bond donors (Lipinski definition) is 0. The lowest BCUT2D eigenvalue weighted by Crippen LogP contribution is -1.81. The lowest BCUT2D eigenvalue weighted by atomic mass is 10.2. The Hall–Kier alpha value is -1.35. The van der Waals surface area contributed by atoms with E-state index in [0.717, 1.165) is 10.9 Å². The Kier molecular flexibility index (Phi) is 1.80. The molecule has 0 aliphatic heterocycles. The van der Waals surface area contributed by atoms with Gasteiger partial charge in [-0.05, 0) is 6.07 Å². The molecule has 0 aliphatic carbocycles. The normalized spacial score (nSPS) is 10.0. The fraction of sp³-hybridized carbons (Fsp3) is 0. The van der Waals surface area contributed by atoms with Gasteiger partial charge in [-0.15, -0.1) is 0 Å². The van der Waals surface area contributed by atoms with E-state index in [9.17, 15) is 4.21 Å². The average Bonchev–Trinajstić information content (AvgIpc) is 2.17. The van der Waals surface area contributed by atoms with Gasteiger partial charge in [-0.2, -0.15) is 0 Å². The Morgan fingerprint density at radius 1 is 1.17 bits per heavy atom. The summed E-state index contributed by atoms with van der Waals surface area (Å²) in [6, 6.07) is 9.41. The molecule has 3 heteroatoms. The van der Waals surface area contributed by atoms with Crippen LogP contribution >= 0.6 is 0 Å². The number of aromatic nitrogens is 1. The van der Waals surface area contributed by atoms with Crippen molar-refractivity contribution in [1.29, 1.82) is 0 Å². The van der Waals surface area contributed by atoms with Gasteiger partial charge in [0.15, 0.2) is 0 Å². The maximum atomic E-state index is 10.6. The number of rotatable bonds is 1. The van der Waals surface area contributed by atoms with Crippen LogP contribution in [0.5, 0.6) is 0 Å². The van der Waals surface area contributed by atoms with Gasteiger partial charge in [0.2, 0.25) is 0 Å². The molecule has 2 nitrogen and oxygen atoms in total. The van der Waals surface area contributed by atoms with Crippen LogP contribution in [-0.2, 0) is 15.9 Å². The van der Waals surface area contributed by atoms with Crippen molar-refractivity contribution in [1.82, 2.24) is 4.98 Å². The molecule has 0 saturated carbocycles. The molecule has 0 radical (unpaired) electrons. The van der Waals surface area contributed by atoms with E-state index in [-0.39, 0.29) is 0 Å². The third kappa shape index (κ3) is 1.08. The highest BCUT2D eigenvalue weighted by Gasteiger charge is 2.11. The number of benzene rings is 1. The van der Waals surface area contributed by atoms with E-state index in [1.54, 1.807) is 12.3 Å². The minimum atomic E-state index is 0.486. The first-order valence-electron chi connectivity index (χ1n) is 3.55. The summed E-state index contributed by atoms with van der Waals surface area (Å²) < 4.78 is 10.6. The van der Waals surface area contributed by atoms with Gasteiger partial charge < -0.3 is 0 Å². The second kappa shape index (κ2) is 2.95. The smallest absolute Gasteiger partial charge is 0.250 e. The summed E-state index contributed by atoms with van der Waals surface area (Å²) >= 11 is 0.486. The highest BCUT2D eigenvalue weighted by atomic mass is 32.1. The van der Waals surface area contributed by atoms with Crippen LogP contribution in [0.1, 0.15) is 0 Å². The molecule has 0 spiro atoms. The van der Waals surface area contributed by atoms with Crippen molar-refractivity contribution in [2.75, 3.05) is 0 Å². The minimum Gasteiger partial charge on any atom is -0.250 e. The molecule has 0 N–H and O–H groups in total. The van der Waals surface area contributed by atoms with Crippen LogP contribution in [0.4, 0.5) is 0 Å². The summed E-state index contributed by atoms with van der Waals surface area (Å²) in [5.74, 6) is 0. The van der Waals surface area contributed by atoms with Gasteiger partial charge in [-0.1, -0.05) is 18.2 Å². The van der Waals surface area contributed by atoms with Crippen LogP contribution < -0.4 is 0 Å². The summed E-state index contributed by atoms with van der Waals surface area (Å²) in [6.45, 7) is 0. The van der Waals surface area contributed by atoms with Crippen LogP contribution in [0.3, 0.4) is 0 Å². The number of hydrogen-bond acceptors (Lipinski definition) is 2. The van der Waals surface area contributed by atoms with Gasteiger partial charge in [0.05, 0.1) is 0 Å². The highest BCUT2D eigenvalue weighted by Crippen LogP contribution is 2.15. The zero-order valence-corrected chi connectivity index (χ0v) is 7.04. The largest absolute Gasteiger partial charge is 0.507 e. The maximum Gasteiger partial charge on any atom is 0.507 e. The standard InChI is InChI=1S/C9H6NOS/c11-12-8-5-1-3-7-4-2-6-10-9(7)8/h1-6H/q+1. The van der Waals surface area contributed by atoms with Crippen LogP contribution in [-0.4, -0.2) is 4.98 Å². The average molecular weight is 176 g/mol. The van der Waals surface area contributed by atoms with Gasteiger partial charge in [0.25, 0.3) is 0 Å². The molecule has 0 unspecified atom stereocenters. The highest BCUT2D eigenvalue weighted by molar-refractivity contribution is 7.65. The van der Waals surface area contributed by atoms with Crippen LogP contribution in [0.2, 0.25) is 0 Å². The Balaban J connectivity index is 2.88. The van der Waals surface area contributed by atoms with Crippen molar-refractivity contribution in [3.8, 4) is 0 Å². The van der Waals surface area contributed by atoms with Gasteiger partial charge >= 0.3 is 16.6 Å². The first-order chi connectivity index (χ1) is 5.92. The molecular formula is C9H6NOS+. The molecule has 0 atom stereocenters. The minimum absolute atomic E-state index is 0.486. The second-order valence-electron chi connectivity index (χ2n) is 2.41. The Bertz CT molecular complexity index is 422. The Morgan fingerprint density at radius 3 is 2.83 bits per heavy atom. The number of pyridine rings is 1. The molecule has 0 bridgehead atoms. The Labute approximate surface area is 73.7 Å². The number of para-hydroxylation sites is 1. The van der Waals surface area contributed by atoms with E-state index in [1.165, 1.54) is 0 Å². The molecule has 1 heterocycles. The van der Waals surface area contributed by atoms with E-state index in [1.807, 2.05) is 24.3 Å². The monoisotopic (exact) mass is 176 g/mol. The van der Waals surface area contributed by atoms with E-state index in [0.29, 0.717) is 16.6 Å². The van der Waals surface area contributed by atoms with Crippen LogP contribution in [0.25, 0.3) is 10.9 Å². The molecule has 0 aliphatic rings. The van der Waals surface area contributed by atoms with Gasteiger partial charge in [0.1, 0.15) is 5.52 Å². The molecular weight excluding hydrogens is 170 g/mol. The van der Waals surface area contributed by atoms with E-state index in [4.69, 9.17) is 0 Å². The summed E-state index contributed by atoms with van der Waals surface area (Å²) in [7, 11) is 0. The lowest BCUT2D eigenvalue weighted by Gasteiger charge is -1.90. The molecule has 1 aromatic carbocycles. The first-order valence-corrected chi connectivity index (χ1v) is 4.29. The van der Waals surface area contributed by atoms with Crippen molar-refractivity contribution >= 4 is 22.6 Å². The van der Waals surface area contributed by atoms with Crippen molar-refractivity contribution < 1.29 is 4.21 Å². The SMILES string of the molecule is O=[S+]c1cccc2cccnc12. The van der Waals surface area contributed by atoms with Crippen LogP contribution in [0, 0.1) is 0 Å². The molecule has 58 valence electrons. The maximum absolute atomic E-state index is 10.6. The molecule has 0 fully saturated rings. The quantitative estimate of drug-likeness (QED) is 0.622.